The number of hydrogen-bond acceptors (Lipinski definition) is 2. The summed E-state index contributed by atoms with van der Waals surface area (Å²) in [7, 11) is 0. The molecule has 1 unspecified atom stereocenters. The first-order chi connectivity index (χ1) is 7.66. The van der Waals surface area contributed by atoms with Crippen molar-refractivity contribution in [1.82, 2.24) is 0 Å². The summed E-state index contributed by atoms with van der Waals surface area (Å²) < 4.78 is 28.0. The molecule has 1 N–H and O–H groups in total. The second kappa shape index (κ2) is 4.78. The van der Waals surface area contributed by atoms with Gasteiger partial charge in [-0.15, -0.1) is 0 Å². The quantitative estimate of drug-likeness (QED) is 0.857. The van der Waals surface area contributed by atoms with E-state index in [4.69, 9.17) is 0 Å². The van der Waals surface area contributed by atoms with E-state index >= 15 is 0 Å². The van der Waals surface area contributed by atoms with Crippen molar-refractivity contribution in [3.05, 3.63) is 29.8 Å². The van der Waals surface area contributed by atoms with Gasteiger partial charge in [0.25, 0.3) is 0 Å². The summed E-state index contributed by atoms with van der Waals surface area (Å²) in [6.07, 6.45) is 2.76. The van der Waals surface area contributed by atoms with E-state index in [1.807, 2.05) is 0 Å². The van der Waals surface area contributed by atoms with Gasteiger partial charge in [0.15, 0.2) is 0 Å². The van der Waals surface area contributed by atoms with Crippen molar-refractivity contribution < 1.29 is 18.6 Å². The number of rotatable bonds is 4. The van der Waals surface area contributed by atoms with Crippen LogP contribution >= 0.6 is 0 Å². The van der Waals surface area contributed by atoms with Crippen molar-refractivity contribution in [1.29, 1.82) is 0 Å². The second-order valence-electron chi connectivity index (χ2n) is 4.08. The van der Waals surface area contributed by atoms with Crippen molar-refractivity contribution in [2.24, 2.45) is 5.92 Å². The molecule has 1 aromatic rings. The number of aliphatic hydroxyl groups is 1. The lowest BCUT2D eigenvalue weighted by Crippen LogP contribution is -2.19. The Balaban J connectivity index is 2.00. The Morgan fingerprint density at radius 1 is 1.19 bits per heavy atom. The summed E-state index contributed by atoms with van der Waals surface area (Å²) in [5.74, 6) is 0.446. The molecule has 0 aliphatic heterocycles. The predicted molar refractivity (Wildman–Crippen MR) is 55.4 cm³/mol. The largest absolute Gasteiger partial charge is 0.435 e. The van der Waals surface area contributed by atoms with Crippen LogP contribution in [0.25, 0.3) is 0 Å². The lowest BCUT2D eigenvalue weighted by molar-refractivity contribution is -0.0498. The van der Waals surface area contributed by atoms with Crippen molar-refractivity contribution in [2.45, 2.75) is 32.0 Å². The average molecular weight is 228 g/mol. The smallest absolute Gasteiger partial charge is 0.387 e. The van der Waals surface area contributed by atoms with E-state index in [-0.39, 0.29) is 5.75 Å². The van der Waals surface area contributed by atoms with Gasteiger partial charge in [-0.25, -0.2) is 0 Å². The van der Waals surface area contributed by atoms with Crippen LogP contribution in [0.5, 0.6) is 5.75 Å². The van der Waals surface area contributed by atoms with E-state index in [0.717, 1.165) is 24.8 Å². The van der Waals surface area contributed by atoms with E-state index in [1.165, 1.54) is 12.1 Å². The average Bonchev–Trinajstić information content (AvgIpc) is 2.15. The molecule has 1 atom stereocenters. The third-order valence-electron chi connectivity index (χ3n) is 3.04. The van der Waals surface area contributed by atoms with Crippen molar-refractivity contribution in [2.75, 3.05) is 0 Å². The molecule has 88 valence electrons. The Morgan fingerprint density at radius 3 is 2.25 bits per heavy atom. The Labute approximate surface area is 92.9 Å². The predicted octanol–water partition coefficient (Wildman–Crippen LogP) is 3.12. The summed E-state index contributed by atoms with van der Waals surface area (Å²) >= 11 is 0. The number of aliphatic hydroxyl groups excluding tert-OH is 1. The highest BCUT2D eigenvalue weighted by Crippen LogP contribution is 2.37. The Bertz CT molecular complexity index is 333. The number of halogens is 2. The molecule has 0 aromatic heterocycles. The molecule has 1 aliphatic rings. The molecule has 1 aromatic carbocycles. The molecule has 0 bridgehead atoms. The summed E-state index contributed by atoms with van der Waals surface area (Å²) in [5, 5.41) is 9.92. The zero-order chi connectivity index (χ0) is 11.5. The van der Waals surface area contributed by atoms with Crippen LogP contribution in [0.15, 0.2) is 24.3 Å². The van der Waals surface area contributed by atoms with Gasteiger partial charge in [-0.2, -0.15) is 8.78 Å². The minimum absolute atomic E-state index is 0.125. The zero-order valence-electron chi connectivity index (χ0n) is 8.77. The van der Waals surface area contributed by atoms with E-state index in [0.29, 0.717) is 5.92 Å². The van der Waals surface area contributed by atoms with E-state index in [9.17, 15) is 13.9 Å². The lowest BCUT2D eigenvalue weighted by atomic mass is 9.79. The van der Waals surface area contributed by atoms with Gasteiger partial charge in [0, 0.05) is 0 Å². The number of benzene rings is 1. The molecule has 16 heavy (non-hydrogen) atoms. The summed E-state index contributed by atoms with van der Waals surface area (Å²) in [6, 6.07) is 6.20. The Kier molecular flexibility index (Phi) is 3.39. The SMILES string of the molecule is OC(c1ccc(OC(F)F)cc1)C1CCC1. The Hall–Kier alpha value is -1.16. The molecule has 0 saturated heterocycles. The third-order valence-corrected chi connectivity index (χ3v) is 3.04. The monoisotopic (exact) mass is 228 g/mol. The molecule has 0 radical (unpaired) electrons. The molecule has 2 rings (SSSR count). The maximum atomic E-state index is 11.9. The van der Waals surface area contributed by atoms with Crippen LogP contribution in [0, 0.1) is 5.92 Å². The van der Waals surface area contributed by atoms with Crippen LogP contribution in [0.3, 0.4) is 0 Å². The maximum absolute atomic E-state index is 11.9. The van der Waals surface area contributed by atoms with E-state index in [1.54, 1.807) is 12.1 Å². The standard InChI is InChI=1S/C12H14F2O2/c13-12(14)16-10-6-4-9(5-7-10)11(15)8-2-1-3-8/h4-8,11-12,15H,1-3H2. The molecule has 1 fully saturated rings. The molecule has 0 amide bonds. The highest BCUT2D eigenvalue weighted by atomic mass is 19.3. The first-order valence-corrected chi connectivity index (χ1v) is 5.39. The summed E-state index contributed by atoms with van der Waals surface area (Å²) in [6.45, 7) is -2.80. The zero-order valence-corrected chi connectivity index (χ0v) is 8.77. The van der Waals surface area contributed by atoms with Gasteiger partial charge in [0.1, 0.15) is 5.75 Å². The van der Waals surface area contributed by atoms with Crippen LogP contribution in [0.2, 0.25) is 0 Å². The first-order valence-electron chi connectivity index (χ1n) is 5.39. The van der Waals surface area contributed by atoms with Gasteiger partial charge in [0.2, 0.25) is 0 Å². The van der Waals surface area contributed by atoms with Crippen molar-refractivity contribution in [3.8, 4) is 5.75 Å². The second-order valence-corrected chi connectivity index (χ2v) is 4.08. The highest BCUT2D eigenvalue weighted by molar-refractivity contribution is 5.29. The van der Waals surface area contributed by atoms with Gasteiger partial charge in [-0.05, 0) is 36.5 Å². The van der Waals surface area contributed by atoms with Crippen LogP contribution in [0.1, 0.15) is 30.9 Å². The minimum atomic E-state index is -2.80. The Morgan fingerprint density at radius 2 is 1.81 bits per heavy atom. The van der Waals surface area contributed by atoms with Crippen molar-refractivity contribution >= 4 is 0 Å². The minimum Gasteiger partial charge on any atom is -0.435 e. The molecule has 1 saturated carbocycles. The summed E-state index contributed by atoms with van der Waals surface area (Å²) in [4.78, 5) is 0. The van der Waals surface area contributed by atoms with Gasteiger partial charge < -0.3 is 9.84 Å². The topological polar surface area (TPSA) is 29.5 Å². The van der Waals surface area contributed by atoms with E-state index in [2.05, 4.69) is 4.74 Å². The number of alkyl halides is 2. The fourth-order valence-electron chi connectivity index (χ4n) is 1.87. The number of ether oxygens (including phenoxy) is 1. The molecule has 2 nitrogen and oxygen atoms in total. The van der Waals surface area contributed by atoms with E-state index < -0.39 is 12.7 Å². The van der Waals surface area contributed by atoms with Crippen LogP contribution in [-0.2, 0) is 0 Å². The molecular weight excluding hydrogens is 214 g/mol. The van der Waals surface area contributed by atoms with Crippen molar-refractivity contribution in [3.63, 3.8) is 0 Å². The van der Waals surface area contributed by atoms with Gasteiger partial charge >= 0.3 is 6.61 Å². The molecule has 1 aliphatic carbocycles. The normalized spacial score (nSPS) is 18.2. The number of hydrogen-bond donors (Lipinski definition) is 1. The third kappa shape index (κ3) is 2.50. The highest BCUT2D eigenvalue weighted by Gasteiger charge is 2.26. The van der Waals surface area contributed by atoms with Gasteiger partial charge in [-0.1, -0.05) is 18.6 Å². The lowest BCUT2D eigenvalue weighted by Gasteiger charge is -2.30. The van der Waals surface area contributed by atoms with Crippen LogP contribution in [-0.4, -0.2) is 11.7 Å². The fourth-order valence-corrected chi connectivity index (χ4v) is 1.87. The molecule has 0 heterocycles. The summed E-state index contributed by atoms with van der Waals surface area (Å²) in [5.41, 5.74) is 0.770. The van der Waals surface area contributed by atoms with Crippen LogP contribution in [0.4, 0.5) is 8.78 Å². The maximum Gasteiger partial charge on any atom is 0.387 e. The van der Waals surface area contributed by atoms with Crippen LogP contribution < -0.4 is 4.74 Å². The molecule has 0 spiro atoms. The van der Waals surface area contributed by atoms with Gasteiger partial charge in [-0.3, -0.25) is 0 Å². The first kappa shape index (κ1) is 11.3. The molecule has 4 heteroatoms. The van der Waals surface area contributed by atoms with Gasteiger partial charge in [0.05, 0.1) is 6.10 Å². The fraction of sp³-hybridized carbons (Fsp3) is 0.500. The molecular formula is C12H14F2O2.